The topological polar surface area (TPSA) is 49.4 Å². The van der Waals surface area contributed by atoms with Gasteiger partial charge in [0.1, 0.15) is 5.41 Å². The summed E-state index contributed by atoms with van der Waals surface area (Å²) in [5.41, 5.74) is 3.10. The summed E-state index contributed by atoms with van der Waals surface area (Å²) in [4.78, 5) is 27.9. The molecule has 2 aromatic rings. The molecule has 1 fully saturated rings. The van der Waals surface area contributed by atoms with Crippen molar-refractivity contribution in [2.75, 3.05) is 16.8 Å². The van der Waals surface area contributed by atoms with Gasteiger partial charge in [-0.15, -0.1) is 0 Å². The van der Waals surface area contributed by atoms with Crippen molar-refractivity contribution in [2.24, 2.45) is 5.41 Å². The minimum Gasteiger partial charge on any atom is -0.325 e. The average Bonchev–Trinajstić information content (AvgIpc) is 3.43. The third-order valence-corrected chi connectivity index (χ3v) is 5.23. The van der Waals surface area contributed by atoms with Crippen molar-refractivity contribution in [3.8, 4) is 0 Å². The van der Waals surface area contributed by atoms with Crippen molar-refractivity contribution in [1.29, 1.82) is 0 Å². The molecule has 1 aliphatic heterocycles. The van der Waals surface area contributed by atoms with Crippen LogP contribution < -0.4 is 10.2 Å². The van der Waals surface area contributed by atoms with Gasteiger partial charge in [-0.1, -0.05) is 30.3 Å². The summed E-state index contributed by atoms with van der Waals surface area (Å²) >= 11 is 0. The lowest BCUT2D eigenvalue weighted by Gasteiger charge is -2.32. The average molecular weight is 334 g/mol. The Labute approximate surface area is 147 Å². The van der Waals surface area contributed by atoms with E-state index in [0.29, 0.717) is 19.4 Å². The van der Waals surface area contributed by atoms with Crippen LogP contribution in [-0.2, 0) is 16.0 Å². The highest BCUT2D eigenvalue weighted by atomic mass is 16.2. The van der Waals surface area contributed by atoms with Crippen LogP contribution in [-0.4, -0.2) is 18.4 Å². The molecule has 2 amide bonds. The maximum absolute atomic E-state index is 13.2. The molecule has 0 bridgehead atoms. The number of hydrogen-bond donors (Lipinski definition) is 1. The van der Waals surface area contributed by atoms with Gasteiger partial charge in [-0.3, -0.25) is 9.59 Å². The van der Waals surface area contributed by atoms with Crippen molar-refractivity contribution in [3.05, 3.63) is 59.7 Å². The van der Waals surface area contributed by atoms with E-state index < -0.39 is 5.41 Å². The first-order chi connectivity index (χ1) is 12.1. The number of aryl methyl sites for hydroxylation is 2. The van der Waals surface area contributed by atoms with E-state index in [4.69, 9.17) is 0 Å². The first kappa shape index (κ1) is 15.9. The highest BCUT2D eigenvalue weighted by molar-refractivity contribution is 6.18. The van der Waals surface area contributed by atoms with Gasteiger partial charge in [-0.25, -0.2) is 0 Å². The molecule has 1 saturated carbocycles. The van der Waals surface area contributed by atoms with E-state index in [1.807, 2.05) is 54.3 Å². The van der Waals surface area contributed by atoms with Gasteiger partial charge in [-0.2, -0.15) is 0 Å². The summed E-state index contributed by atoms with van der Waals surface area (Å²) in [6.07, 6.45) is 3.19. The molecule has 25 heavy (non-hydrogen) atoms. The SMILES string of the molecule is Cc1cccc(NC(=O)C2(C(=O)N3CCCc4ccccc43)CC2)c1. The second-order valence-electron chi connectivity index (χ2n) is 7.09. The van der Waals surface area contributed by atoms with Gasteiger partial charge in [0.15, 0.2) is 0 Å². The predicted molar refractivity (Wildman–Crippen MR) is 98.6 cm³/mol. The summed E-state index contributed by atoms with van der Waals surface area (Å²) < 4.78 is 0. The zero-order chi connectivity index (χ0) is 17.4. The number of carbonyl (C=O) groups is 2. The monoisotopic (exact) mass is 334 g/mol. The third-order valence-electron chi connectivity index (χ3n) is 5.23. The molecule has 0 saturated heterocycles. The van der Waals surface area contributed by atoms with E-state index in [1.165, 1.54) is 5.56 Å². The molecule has 0 aromatic heterocycles. The van der Waals surface area contributed by atoms with E-state index in [1.54, 1.807) is 0 Å². The first-order valence-electron chi connectivity index (χ1n) is 8.88. The van der Waals surface area contributed by atoms with Crippen molar-refractivity contribution in [2.45, 2.75) is 32.6 Å². The Morgan fingerprint density at radius 3 is 2.64 bits per heavy atom. The normalized spacial score (nSPS) is 17.6. The Kier molecular flexibility index (Phi) is 3.83. The predicted octanol–water partition coefficient (Wildman–Crippen LogP) is 3.69. The van der Waals surface area contributed by atoms with Crippen molar-refractivity contribution < 1.29 is 9.59 Å². The van der Waals surface area contributed by atoms with E-state index in [0.717, 1.165) is 29.8 Å². The highest BCUT2D eigenvalue weighted by Gasteiger charge is 2.58. The molecule has 4 heteroatoms. The molecule has 0 radical (unpaired) electrons. The van der Waals surface area contributed by atoms with Gasteiger partial charge < -0.3 is 10.2 Å². The molecule has 1 heterocycles. The van der Waals surface area contributed by atoms with Crippen LogP contribution in [0.1, 0.15) is 30.4 Å². The first-order valence-corrected chi connectivity index (χ1v) is 8.88. The molecule has 4 rings (SSSR count). The lowest BCUT2D eigenvalue weighted by molar-refractivity contribution is -0.132. The van der Waals surface area contributed by atoms with Crippen LogP contribution in [0.3, 0.4) is 0 Å². The maximum atomic E-state index is 13.2. The van der Waals surface area contributed by atoms with Gasteiger partial charge in [-0.05, 0) is 61.9 Å². The Bertz CT molecular complexity index is 839. The number of hydrogen-bond acceptors (Lipinski definition) is 2. The molecular weight excluding hydrogens is 312 g/mol. The van der Waals surface area contributed by atoms with Crippen molar-refractivity contribution in [3.63, 3.8) is 0 Å². The number of rotatable bonds is 3. The summed E-state index contributed by atoms with van der Waals surface area (Å²) in [5.74, 6) is -0.226. The van der Waals surface area contributed by atoms with E-state index in [2.05, 4.69) is 11.4 Å². The van der Waals surface area contributed by atoms with Crippen LogP contribution in [0.5, 0.6) is 0 Å². The second kappa shape index (κ2) is 6.03. The summed E-state index contributed by atoms with van der Waals surface area (Å²) in [5, 5.41) is 2.94. The molecule has 0 atom stereocenters. The standard InChI is InChI=1S/C21H22N2O2/c1-15-6-4-9-17(14-15)22-19(24)21(11-12-21)20(25)23-13-5-8-16-7-2-3-10-18(16)23/h2-4,6-7,9-10,14H,5,8,11-13H2,1H3,(H,22,24). The minimum absolute atomic E-state index is 0.0511. The molecule has 0 unspecified atom stereocenters. The van der Waals surface area contributed by atoms with Gasteiger partial charge in [0.2, 0.25) is 11.8 Å². The van der Waals surface area contributed by atoms with Gasteiger partial charge in [0, 0.05) is 17.9 Å². The Morgan fingerprint density at radius 2 is 1.88 bits per heavy atom. The van der Waals surface area contributed by atoms with Crippen molar-refractivity contribution >= 4 is 23.2 Å². The molecule has 128 valence electrons. The lowest BCUT2D eigenvalue weighted by atomic mass is 9.97. The van der Waals surface area contributed by atoms with Gasteiger partial charge in [0.05, 0.1) is 0 Å². The van der Waals surface area contributed by atoms with E-state index in [-0.39, 0.29) is 11.8 Å². The summed E-state index contributed by atoms with van der Waals surface area (Å²) in [7, 11) is 0. The van der Waals surface area contributed by atoms with Crippen LogP contribution >= 0.6 is 0 Å². The van der Waals surface area contributed by atoms with Crippen molar-refractivity contribution in [1.82, 2.24) is 0 Å². The second-order valence-corrected chi connectivity index (χ2v) is 7.09. The maximum Gasteiger partial charge on any atom is 0.242 e. The fourth-order valence-electron chi connectivity index (χ4n) is 3.64. The zero-order valence-electron chi connectivity index (χ0n) is 14.4. The number of amides is 2. The van der Waals surface area contributed by atoms with Crippen LogP contribution in [0.4, 0.5) is 11.4 Å². The number of anilines is 2. The Hall–Kier alpha value is -2.62. The summed E-state index contributed by atoms with van der Waals surface area (Å²) in [6.45, 7) is 2.67. The van der Waals surface area contributed by atoms with Crippen LogP contribution in [0.2, 0.25) is 0 Å². The van der Waals surface area contributed by atoms with Crippen LogP contribution in [0, 0.1) is 12.3 Å². The zero-order valence-corrected chi connectivity index (χ0v) is 14.4. The van der Waals surface area contributed by atoms with E-state index in [9.17, 15) is 9.59 Å². The number of nitrogens with zero attached hydrogens (tertiary/aromatic N) is 1. The lowest BCUT2D eigenvalue weighted by Crippen LogP contribution is -2.45. The number of carbonyl (C=O) groups excluding carboxylic acids is 2. The fourth-order valence-corrected chi connectivity index (χ4v) is 3.64. The molecule has 4 nitrogen and oxygen atoms in total. The van der Waals surface area contributed by atoms with Gasteiger partial charge in [0.25, 0.3) is 0 Å². The molecule has 1 aliphatic carbocycles. The number of para-hydroxylation sites is 1. The van der Waals surface area contributed by atoms with Crippen LogP contribution in [0.15, 0.2) is 48.5 Å². The quantitative estimate of drug-likeness (QED) is 0.870. The minimum atomic E-state index is -0.895. The smallest absolute Gasteiger partial charge is 0.242 e. The fraction of sp³-hybridized carbons (Fsp3) is 0.333. The molecule has 0 spiro atoms. The Balaban J connectivity index is 1.57. The molecule has 1 N–H and O–H groups in total. The highest BCUT2D eigenvalue weighted by Crippen LogP contribution is 2.49. The molecule has 2 aromatic carbocycles. The van der Waals surface area contributed by atoms with Crippen LogP contribution in [0.25, 0.3) is 0 Å². The van der Waals surface area contributed by atoms with Gasteiger partial charge >= 0.3 is 0 Å². The largest absolute Gasteiger partial charge is 0.325 e. The summed E-state index contributed by atoms with van der Waals surface area (Å²) in [6, 6.07) is 15.7. The Morgan fingerprint density at radius 1 is 1.08 bits per heavy atom. The molecule has 2 aliphatic rings. The number of nitrogens with one attached hydrogen (secondary N) is 1. The third kappa shape index (κ3) is 2.82. The van der Waals surface area contributed by atoms with E-state index >= 15 is 0 Å². The number of fused-ring (bicyclic) bond motifs is 1. The number of benzene rings is 2. The molecular formula is C21H22N2O2.